The number of fused-ring (bicyclic) bond motifs is 1. The second kappa shape index (κ2) is 12.6. The summed E-state index contributed by atoms with van der Waals surface area (Å²) in [7, 11) is 0. The molecule has 4 rings (SSSR count). The van der Waals surface area contributed by atoms with Gasteiger partial charge in [-0.3, -0.25) is 24.1 Å². The lowest BCUT2D eigenvalue weighted by atomic mass is 10.1. The number of halogens is 2. The van der Waals surface area contributed by atoms with Crippen molar-refractivity contribution in [3.05, 3.63) is 93.5 Å². The van der Waals surface area contributed by atoms with Gasteiger partial charge in [0.2, 0.25) is 0 Å². The van der Waals surface area contributed by atoms with E-state index in [9.17, 15) is 28.8 Å². The first-order chi connectivity index (χ1) is 19.5. The van der Waals surface area contributed by atoms with Crippen LogP contribution in [-0.4, -0.2) is 59.7 Å². The minimum absolute atomic E-state index is 0.0350. The Labute approximate surface area is 243 Å². The summed E-state index contributed by atoms with van der Waals surface area (Å²) in [6.45, 7) is 0.0121. The third-order valence-corrected chi connectivity index (χ3v) is 6.32. The standard InChI is InChI=1S/C28H21Cl2N3O8/c1-15(27(38)40-13-23(34)31-19-7-3-17(29)4-8-19)33-25(36)21-11-2-16(12-22(21)26(33)37)28(39)41-14-24(35)32-20-9-5-18(30)6-10-20/h2-12,15H,13-14H2,1H3,(H,31,34)(H,32,35)/t15-/m0/s1. The summed E-state index contributed by atoms with van der Waals surface area (Å²) < 4.78 is 10.0. The Bertz CT molecular complexity index is 1540. The van der Waals surface area contributed by atoms with Crippen molar-refractivity contribution in [3.63, 3.8) is 0 Å². The Morgan fingerprint density at radius 2 is 1.22 bits per heavy atom. The summed E-state index contributed by atoms with van der Waals surface area (Å²) in [6, 6.07) is 14.8. The topological polar surface area (TPSA) is 148 Å². The third-order valence-electron chi connectivity index (χ3n) is 5.82. The van der Waals surface area contributed by atoms with E-state index >= 15 is 0 Å². The van der Waals surface area contributed by atoms with Gasteiger partial charge in [-0.15, -0.1) is 0 Å². The highest BCUT2D eigenvalue weighted by Gasteiger charge is 2.42. The molecule has 41 heavy (non-hydrogen) atoms. The zero-order valence-corrected chi connectivity index (χ0v) is 22.8. The lowest BCUT2D eigenvalue weighted by Crippen LogP contribution is -2.44. The highest BCUT2D eigenvalue weighted by Crippen LogP contribution is 2.26. The molecule has 1 atom stereocenters. The van der Waals surface area contributed by atoms with Crippen LogP contribution in [0.1, 0.15) is 38.0 Å². The van der Waals surface area contributed by atoms with E-state index in [1.54, 1.807) is 48.5 Å². The number of benzene rings is 3. The molecule has 0 saturated heterocycles. The van der Waals surface area contributed by atoms with Crippen molar-refractivity contribution in [2.45, 2.75) is 13.0 Å². The minimum Gasteiger partial charge on any atom is -0.454 e. The van der Waals surface area contributed by atoms with Crippen LogP contribution >= 0.6 is 23.2 Å². The predicted molar refractivity (Wildman–Crippen MR) is 148 cm³/mol. The molecule has 1 aliphatic rings. The molecular weight excluding hydrogens is 577 g/mol. The predicted octanol–water partition coefficient (Wildman–Crippen LogP) is 3.96. The summed E-state index contributed by atoms with van der Waals surface area (Å²) >= 11 is 11.6. The molecule has 210 valence electrons. The number of ether oxygens (including phenoxy) is 2. The van der Waals surface area contributed by atoms with E-state index in [1.165, 1.54) is 19.1 Å². The number of nitrogens with one attached hydrogen (secondary N) is 2. The summed E-state index contributed by atoms with van der Waals surface area (Å²) in [5.74, 6) is -4.75. The van der Waals surface area contributed by atoms with Crippen molar-refractivity contribution < 1.29 is 38.2 Å². The SMILES string of the molecule is C[C@@H](C(=O)OCC(=O)Nc1ccc(Cl)cc1)N1C(=O)c2ccc(C(=O)OCC(=O)Nc3ccc(Cl)cc3)cc2C1=O. The van der Waals surface area contributed by atoms with Crippen molar-refractivity contribution in [2.75, 3.05) is 23.8 Å². The number of carbonyl (C=O) groups excluding carboxylic acids is 6. The third kappa shape index (κ3) is 7.07. The second-order valence-corrected chi connectivity index (χ2v) is 9.58. The number of imide groups is 1. The van der Waals surface area contributed by atoms with Crippen molar-refractivity contribution in [1.82, 2.24) is 4.90 Å². The number of nitrogens with zero attached hydrogens (tertiary/aromatic N) is 1. The molecule has 4 amide bonds. The molecule has 0 aromatic heterocycles. The van der Waals surface area contributed by atoms with E-state index in [0.717, 1.165) is 6.07 Å². The first-order valence-electron chi connectivity index (χ1n) is 12.0. The van der Waals surface area contributed by atoms with Gasteiger partial charge in [-0.25, -0.2) is 9.59 Å². The van der Waals surface area contributed by atoms with Crippen molar-refractivity contribution in [2.24, 2.45) is 0 Å². The highest BCUT2D eigenvalue weighted by molar-refractivity contribution is 6.31. The number of esters is 2. The van der Waals surface area contributed by atoms with Crippen molar-refractivity contribution in [3.8, 4) is 0 Å². The molecule has 0 bridgehead atoms. The quantitative estimate of drug-likeness (QED) is 0.278. The molecule has 3 aromatic rings. The number of anilines is 2. The normalized spacial score (nSPS) is 12.8. The summed E-state index contributed by atoms with van der Waals surface area (Å²) in [5.41, 5.74) is 0.634. The van der Waals surface area contributed by atoms with E-state index in [-0.39, 0.29) is 16.7 Å². The number of rotatable bonds is 9. The molecule has 0 unspecified atom stereocenters. The summed E-state index contributed by atoms with van der Waals surface area (Å²) in [4.78, 5) is 75.8. The maximum atomic E-state index is 13.0. The fraction of sp³-hybridized carbons (Fsp3) is 0.143. The molecule has 0 spiro atoms. The van der Waals surface area contributed by atoms with Gasteiger partial charge >= 0.3 is 11.9 Å². The second-order valence-electron chi connectivity index (χ2n) is 8.71. The molecule has 11 nitrogen and oxygen atoms in total. The van der Waals surface area contributed by atoms with E-state index in [2.05, 4.69) is 10.6 Å². The highest BCUT2D eigenvalue weighted by atomic mass is 35.5. The van der Waals surface area contributed by atoms with Crippen LogP contribution in [0, 0.1) is 0 Å². The maximum absolute atomic E-state index is 13.0. The van der Waals surface area contributed by atoms with Gasteiger partial charge in [0.1, 0.15) is 6.04 Å². The summed E-state index contributed by atoms with van der Waals surface area (Å²) in [5, 5.41) is 6.02. The van der Waals surface area contributed by atoms with Crippen LogP contribution < -0.4 is 10.6 Å². The fourth-order valence-corrected chi connectivity index (χ4v) is 4.03. The zero-order chi connectivity index (χ0) is 29.7. The van der Waals surface area contributed by atoms with Crippen LogP contribution in [0.4, 0.5) is 11.4 Å². The van der Waals surface area contributed by atoms with Crippen LogP contribution in [0.5, 0.6) is 0 Å². The summed E-state index contributed by atoms with van der Waals surface area (Å²) in [6.07, 6.45) is 0. The van der Waals surface area contributed by atoms with Gasteiger partial charge in [-0.1, -0.05) is 23.2 Å². The Kier molecular flexibility index (Phi) is 9.00. The first kappa shape index (κ1) is 29.2. The van der Waals surface area contributed by atoms with Gasteiger partial charge in [-0.05, 0) is 73.7 Å². The number of hydrogen-bond donors (Lipinski definition) is 2. The van der Waals surface area contributed by atoms with Crippen LogP contribution in [-0.2, 0) is 23.9 Å². The first-order valence-corrected chi connectivity index (χ1v) is 12.8. The average molecular weight is 598 g/mol. The van der Waals surface area contributed by atoms with Gasteiger partial charge in [-0.2, -0.15) is 0 Å². The molecule has 0 fully saturated rings. The van der Waals surface area contributed by atoms with Crippen molar-refractivity contribution >= 4 is 70.1 Å². The monoisotopic (exact) mass is 597 g/mol. The molecule has 0 aliphatic carbocycles. The van der Waals surface area contributed by atoms with Gasteiger partial charge in [0.25, 0.3) is 23.6 Å². The molecular formula is C28H21Cl2N3O8. The lowest BCUT2D eigenvalue weighted by molar-refractivity contribution is -0.150. The molecule has 0 radical (unpaired) electrons. The van der Waals surface area contributed by atoms with Crippen LogP contribution in [0.2, 0.25) is 10.0 Å². The molecule has 13 heteroatoms. The van der Waals surface area contributed by atoms with Crippen LogP contribution in [0.25, 0.3) is 0 Å². The smallest absolute Gasteiger partial charge is 0.338 e. The maximum Gasteiger partial charge on any atom is 0.338 e. The number of hydrogen-bond acceptors (Lipinski definition) is 8. The largest absolute Gasteiger partial charge is 0.454 e. The Morgan fingerprint density at radius 1 is 0.732 bits per heavy atom. The molecule has 0 saturated carbocycles. The zero-order valence-electron chi connectivity index (χ0n) is 21.3. The number of amides is 4. The Morgan fingerprint density at radius 3 is 1.76 bits per heavy atom. The molecule has 1 aliphatic heterocycles. The van der Waals surface area contributed by atoms with Gasteiger partial charge in [0.05, 0.1) is 16.7 Å². The van der Waals surface area contributed by atoms with E-state index in [4.69, 9.17) is 32.7 Å². The van der Waals surface area contributed by atoms with E-state index in [0.29, 0.717) is 26.3 Å². The Balaban J connectivity index is 1.33. The van der Waals surface area contributed by atoms with E-state index in [1.807, 2.05) is 0 Å². The lowest BCUT2D eigenvalue weighted by Gasteiger charge is -2.20. The van der Waals surface area contributed by atoms with Gasteiger partial charge in [0, 0.05) is 21.4 Å². The molecule has 2 N–H and O–H groups in total. The molecule has 1 heterocycles. The fourth-order valence-electron chi connectivity index (χ4n) is 3.78. The van der Waals surface area contributed by atoms with Gasteiger partial charge in [0.15, 0.2) is 13.2 Å². The van der Waals surface area contributed by atoms with Gasteiger partial charge < -0.3 is 20.1 Å². The Hall–Kier alpha value is -4.74. The van der Waals surface area contributed by atoms with Crippen LogP contribution in [0.3, 0.4) is 0 Å². The van der Waals surface area contributed by atoms with E-state index < -0.39 is 54.8 Å². The van der Waals surface area contributed by atoms with Crippen molar-refractivity contribution in [1.29, 1.82) is 0 Å². The molecule has 3 aromatic carbocycles. The van der Waals surface area contributed by atoms with Crippen LogP contribution in [0.15, 0.2) is 66.7 Å². The minimum atomic E-state index is -1.36. The number of carbonyl (C=O) groups is 6. The average Bonchev–Trinajstić information content (AvgIpc) is 3.21.